The quantitative estimate of drug-likeness (QED) is 0.314. The molecule has 5 heteroatoms. The molecule has 0 saturated carbocycles. The van der Waals surface area contributed by atoms with Crippen LogP contribution in [-0.2, 0) is 5.48 Å². The van der Waals surface area contributed by atoms with E-state index in [-0.39, 0.29) is 5.48 Å². The van der Waals surface area contributed by atoms with Crippen molar-refractivity contribution in [2.75, 3.05) is 0 Å². The van der Waals surface area contributed by atoms with Gasteiger partial charge < -0.3 is 5.21 Å². The van der Waals surface area contributed by atoms with Crippen LogP contribution in [-0.4, -0.2) is 10.3 Å². The molecule has 0 spiro atoms. The van der Waals surface area contributed by atoms with Crippen LogP contribution < -0.4 is 0 Å². The minimum atomic E-state index is -1.50. The molecule has 0 rings (SSSR count). The van der Waals surface area contributed by atoms with Crippen molar-refractivity contribution >= 4 is 0 Å². The zero-order valence-electron chi connectivity index (χ0n) is 2.12. The van der Waals surface area contributed by atoms with Crippen molar-refractivity contribution in [2.45, 2.75) is 0 Å². The Bertz CT molecular complexity index is 26.6. The first-order valence-electron chi connectivity index (χ1n) is 0.565. The van der Waals surface area contributed by atoms with Crippen LogP contribution in [0.2, 0.25) is 0 Å². The van der Waals surface area contributed by atoms with Gasteiger partial charge in [-0.15, -0.1) is 10.1 Å². The fraction of sp³-hybridized carbons (Fsp3) is 0. The fourth-order valence-corrected chi connectivity index (χ4v) is 0. The Morgan fingerprint density at radius 3 is 1.80 bits per heavy atom. The standard InChI is InChI=1S/HNO3.O/c2-1(3)4;/h(H,2,3,4);. The molecule has 0 aliphatic rings. The van der Waals surface area contributed by atoms with Crippen molar-refractivity contribution < 1.29 is 15.8 Å². The number of hydrogen-bond acceptors (Lipinski definition) is 2. The molecule has 0 aromatic carbocycles. The number of hydrogen-bond donors (Lipinski definition) is 1. The fourth-order valence-electron chi connectivity index (χ4n) is 0. The summed E-state index contributed by atoms with van der Waals surface area (Å²) < 4.78 is 0. The van der Waals surface area contributed by atoms with Gasteiger partial charge in [-0.05, 0) is 0 Å². The first kappa shape index (κ1) is 8.90. The molecule has 5 nitrogen and oxygen atoms in total. The Labute approximate surface area is 27.3 Å². The van der Waals surface area contributed by atoms with Gasteiger partial charge in [0.05, 0.1) is 0 Å². The number of nitrogens with zero attached hydrogens (tertiary/aromatic N) is 1. The van der Waals surface area contributed by atoms with Gasteiger partial charge in [-0.3, -0.25) is 0 Å². The van der Waals surface area contributed by atoms with Gasteiger partial charge in [-0.2, -0.15) is 0 Å². The molecule has 0 unspecified atom stereocenters. The molecule has 0 saturated heterocycles. The summed E-state index contributed by atoms with van der Waals surface area (Å²) in [5.74, 6) is 0. The third-order valence-corrected chi connectivity index (χ3v) is 0. The topological polar surface area (TPSA) is 91.9 Å². The van der Waals surface area contributed by atoms with E-state index in [1.165, 1.54) is 0 Å². The minimum Gasteiger partial charge on any atom is -0.328 e. The minimum absolute atomic E-state index is 0. The van der Waals surface area contributed by atoms with Crippen molar-refractivity contribution in [3.05, 3.63) is 10.1 Å². The summed E-state index contributed by atoms with van der Waals surface area (Å²) in [6, 6.07) is 0. The molecule has 0 aromatic heterocycles. The lowest BCUT2D eigenvalue weighted by Crippen LogP contribution is -1.81. The molecule has 0 amide bonds. The first-order chi connectivity index (χ1) is 1.73. The Balaban J connectivity index is 0. The lowest BCUT2D eigenvalue weighted by atomic mass is 13.1. The van der Waals surface area contributed by atoms with Crippen molar-refractivity contribution in [2.24, 2.45) is 0 Å². The van der Waals surface area contributed by atoms with Crippen LogP contribution >= 0.6 is 0 Å². The molecule has 0 fully saturated rings. The highest BCUT2D eigenvalue weighted by Gasteiger charge is 1.65. The molecular weight excluding hydrogens is 78.0 g/mol. The molecule has 0 aliphatic heterocycles. The van der Waals surface area contributed by atoms with E-state index in [1.54, 1.807) is 0 Å². The first-order valence-corrected chi connectivity index (χ1v) is 0.565. The van der Waals surface area contributed by atoms with Crippen molar-refractivity contribution in [3.63, 3.8) is 0 Å². The molecule has 0 aromatic rings. The maximum atomic E-state index is 8.36. The largest absolute Gasteiger partial charge is 0.328 e. The van der Waals surface area contributed by atoms with E-state index in [0.717, 1.165) is 0 Å². The second kappa shape index (κ2) is 3.16. The molecule has 5 heavy (non-hydrogen) atoms. The van der Waals surface area contributed by atoms with Crippen molar-refractivity contribution in [1.82, 2.24) is 0 Å². The smallest absolute Gasteiger partial charge is 0.291 e. The zero-order valence-corrected chi connectivity index (χ0v) is 2.12. The normalized spacial score (nSPS) is 4.80. The predicted molar refractivity (Wildman–Crippen MR) is 9.47 cm³/mol. The highest BCUT2D eigenvalue weighted by atomic mass is 16.9. The Morgan fingerprint density at radius 1 is 1.80 bits per heavy atom. The van der Waals surface area contributed by atoms with E-state index in [4.69, 9.17) is 15.3 Å². The molecule has 0 aliphatic carbocycles. The van der Waals surface area contributed by atoms with Crippen LogP contribution in [0.15, 0.2) is 0 Å². The average molecular weight is 79.0 g/mol. The van der Waals surface area contributed by atoms with Crippen LogP contribution in [0, 0.1) is 10.1 Å². The van der Waals surface area contributed by atoms with Gasteiger partial charge in [0.25, 0.3) is 5.09 Å². The maximum Gasteiger partial charge on any atom is 0.291 e. The van der Waals surface area contributed by atoms with E-state index in [9.17, 15) is 0 Å². The van der Waals surface area contributed by atoms with E-state index < -0.39 is 5.09 Å². The van der Waals surface area contributed by atoms with Gasteiger partial charge >= 0.3 is 0 Å². The highest BCUT2D eigenvalue weighted by Crippen LogP contribution is 1.38. The second-order valence-electron chi connectivity index (χ2n) is 0.238. The summed E-state index contributed by atoms with van der Waals surface area (Å²) in [6.07, 6.45) is 0. The molecule has 0 bridgehead atoms. The van der Waals surface area contributed by atoms with Crippen LogP contribution in [0.4, 0.5) is 0 Å². The van der Waals surface area contributed by atoms with Gasteiger partial charge in [0.1, 0.15) is 0 Å². The van der Waals surface area contributed by atoms with Gasteiger partial charge in [0, 0.05) is 5.48 Å². The lowest BCUT2D eigenvalue weighted by Gasteiger charge is -1.56. The summed E-state index contributed by atoms with van der Waals surface area (Å²) in [6.45, 7) is 0. The SMILES string of the molecule is O=[N+]([O-])O.[O]. The Kier molecular flexibility index (Phi) is 5.63. The van der Waals surface area contributed by atoms with Crippen molar-refractivity contribution in [1.29, 1.82) is 0 Å². The van der Waals surface area contributed by atoms with Gasteiger partial charge in [0.15, 0.2) is 0 Å². The van der Waals surface area contributed by atoms with Crippen LogP contribution in [0.5, 0.6) is 0 Å². The summed E-state index contributed by atoms with van der Waals surface area (Å²) >= 11 is 0. The van der Waals surface area contributed by atoms with Gasteiger partial charge in [-0.1, -0.05) is 0 Å². The van der Waals surface area contributed by atoms with Crippen LogP contribution in [0.3, 0.4) is 0 Å². The third-order valence-electron chi connectivity index (χ3n) is 0. The molecular formula is HNO4. The van der Waals surface area contributed by atoms with Crippen LogP contribution in [0.1, 0.15) is 0 Å². The predicted octanol–water partition coefficient (Wildman–Crippen LogP) is -0.467. The van der Waals surface area contributed by atoms with Crippen LogP contribution in [0.25, 0.3) is 0 Å². The molecule has 1 N–H and O–H groups in total. The molecule has 2 radical (unpaired) electrons. The van der Waals surface area contributed by atoms with E-state index >= 15 is 0 Å². The summed E-state index contributed by atoms with van der Waals surface area (Å²) in [5.41, 5.74) is 0. The number of rotatable bonds is 0. The van der Waals surface area contributed by atoms with E-state index in [1.807, 2.05) is 0 Å². The summed E-state index contributed by atoms with van der Waals surface area (Å²) in [4.78, 5) is 8.36. The second-order valence-corrected chi connectivity index (χ2v) is 0.238. The summed E-state index contributed by atoms with van der Waals surface area (Å²) in [5, 5.41) is 13.6. The Hall–Kier alpha value is -0.840. The zero-order chi connectivity index (χ0) is 3.58. The van der Waals surface area contributed by atoms with Gasteiger partial charge in [0.2, 0.25) is 0 Å². The molecule has 0 atom stereocenters. The lowest BCUT2D eigenvalue weighted by molar-refractivity contribution is -0.742. The molecule has 30 valence electrons. The highest BCUT2D eigenvalue weighted by molar-refractivity contribution is 3.83. The maximum absolute atomic E-state index is 8.36. The monoisotopic (exact) mass is 79.0 g/mol. The average Bonchev–Trinajstić information content (AvgIpc) is 0.811. The van der Waals surface area contributed by atoms with E-state index in [2.05, 4.69) is 0 Å². The van der Waals surface area contributed by atoms with E-state index in [0.29, 0.717) is 0 Å². The van der Waals surface area contributed by atoms with Crippen molar-refractivity contribution in [3.8, 4) is 0 Å². The van der Waals surface area contributed by atoms with Gasteiger partial charge in [-0.25, -0.2) is 0 Å². The summed E-state index contributed by atoms with van der Waals surface area (Å²) in [7, 11) is 0. The molecule has 0 heterocycles. The Morgan fingerprint density at radius 2 is 1.80 bits per heavy atom. The third kappa shape index (κ3) is 6.03.